The van der Waals surface area contributed by atoms with Gasteiger partial charge in [0, 0.05) is 42.7 Å². The Balaban J connectivity index is 1.54. The van der Waals surface area contributed by atoms with E-state index < -0.39 is 0 Å². The molecule has 4 heteroatoms. The van der Waals surface area contributed by atoms with E-state index in [1.807, 2.05) is 54.6 Å². The minimum atomic E-state index is 0.0500. The van der Waals surface area contributed by atoms with Gasteiger partial charge in [0.25, 0.3) is 0 Å². The zero-order chi connectivity index (χ0) is 19.4. The predicted octanol–water partition coefficient (Wildman–Crippen LogP) is 4.66. The minimum Gasteiger partial charge on any atom is -0.385 e. The molecule has 0 radical (unpaired) electrons. The van der Waals surface area contributed by atoms with Gasteiger partial charge in [-0.15, -0.1) is 0 Å². The van der Waals surface area contributed by atoms with Crippen LogP contribution in [-0.2, 0) is 0 Å². The van der Waals surface area contributed by atoms with E-state index in [1.165, 1.54) is 0 Å². The Morgan fingerprint density at radius 3 is 1.50 bits per heavy atom. The third-order valence-electron chi connectivity index (χ3n) is 4.88. The fourth-order valence-corrected chi connectivity index (χ4v) is 3.19. The lowest BCUT2D eigenvalue weighted by molar-refractivity contribution is 0.432. The molecule has 3 rings (SSSR count). The molecule has 0 amide bonds. The molecular formula is C24H30N4. The number of rotatable bonds is 11. The van der Waals surface area contributed by atoms with Crippen LogP contribution in [0.25, 0.3) is 0 Å². The summed E-state index contributed by atoms with van der Waals surface area (Å²) in [5, 5.41) is 10.5. The van der Waals surface area contributed by atoms with Gasteiger partial charge in [-0.2, -0.15) is 0 Å². The highest BCUT2D eigenvalue weighted by Gasteiger charge is 2.17. The summed E-state index contributed by atoms with van der Waals surface area (Å²) in [4.78, 5) is 0. The Hall–Kier alpha value is -2.98. The lowest BCUT2D eigenvalue weighted by Crippen LogP contribution is -2.41. The molecule has 4 nitrogen and oxygen atoms in total. The van der Waals surface area contributed by atoms with Crippen LogP contribution in [0.3, 0.4) is 0 Å². The van der Waals surface area contributed by atoms with Gasteiger partial charge in [0.05, 0.1) is 0 Å². The normalized spacial score (nSPS) is 12.8. The van der Waals surface area contributed by atoms with Gasteiger partial charge in [-0.1, -0.05) is 54.6 Å². The van der Waals surface area contributed by atoms with Crippen molar-refractivity contribution in [1.29, 1.82) is 0 Å². The molecule has 2 unspecified atom stereocenters. The van der Waals surface area contributed by atoms with Crippen molar-refractivity contribution in [2.75, 3.05) is 35.6 Å². The summed E-state index contributed by atoms with van der Waals surface area (Å²) in [5.74, 6) is 0.340. The van der Waals surface area contributed by atoms with E-state index in [0.29, 0.717) is 5.92 Å². The minimum absolute atomic E-state index is 0.0500. The van der Waals surface area contributed by atoms with Crippen molar-refractivity contribution in [3.8, 4) is 0 Å². The second-order valence-electron chi connectivity index (χ2n) is 7.00. The molecule has 0 saturated carbocycles. The van der Waals surface area contributed by atoms with Crippen LogP contribution in [0.2, 0.25) is 0 Å². The van der Waals surface area contributed by atoms with Crippen molar-refractivity contribution in [2.24, 2.45) is 11.7 Å². The standard InChI is InChI=1S/C24H30N4/c25-24(19-28-23-14-8-3-9-15-23)20(18-27-22-12-6-2-7-13-22)16-17-26-21-10-4-1-5-11-21/h1-15,20,24,26-28H,16-19,25H2. The van der Waals surface area contributed by atoms with Crippen molar-refractivity contribution in [3.63, 3.8) is 0 Å². The van der Waals surface area contributed by atoms with Crippen LogP contribution in [0.4, 0.5) is 17.1 Å². The zero-order valence-electron chi connectivity index (χ0n) is 16.2. The molecule has 0 aliphatic rings. The molecule has 0 aliphatic carbocycles. The Labute approximate surface area is 168 Å². The van der Waals surface area contributed by atoms with Crippen molar-refractivity contribution >= 4 is 17.1 Å². The number of hydrogen-bond donors (Lipinski definition) is 4. The maximum Gasteiger partial charge on any atom is 0.0340 e. The topological polar surface area (TPSA) is 62.1 Å². The van der Waals surface area contributed by atoms with Crippen LogP contribution in [0.15, 0.2) is 91.0 Å². The monoisotopic (exact) mass is 374 g/mol. The second kappa shape index (κ2) is 11.0. The van der Waals surface area contributed by atoms with E-state index in [4.69, 9.17) is 5.73 Å². The molecule has 0 aromatic heterocycles. The Morgan fingerprint density at radius 2 is 1.00 bits per heavy atom. The third kappa shape index (κ3) is 6.63. The molecule has 0 fully saturated rings. The first-order valence-electron chi connectivity index (χ1n) is 9.93. The maximum atomic E-state index is 6.58. The molecule has 3 aromatic rings. The highest BCUT2D eigenvalue weighted by atomic mass is 14.9. The number of anilines is 3. The van der Waals surface area contributed by atoms with E-state index in [2.05, 4.69) is 52.3 Å². The summed E-state index contributed by atoms with van der Waals surface area (Å²) in [6, 6.07) is 30.9. The molecule has 2 atom stereocenters. The summed E-state index contributed by atoms with van der Waals surface area (Å²) in [6.45, 7) is 2.48. The predicted molar refractivity (Wildman–Crippen MR) is 121 cm³/mol. The largest absolute Gasteiger partial charge is 0.385 e. The number of benzene rings is 3. The van der Waals surface area contributed by atoms with E-state index in [-0.39, 0.29) is 6.04 Å². The summed E-state index contributed by atoms with van der Waals surface area (Å²) in [5.41, 5.74) is 9.96. The summed E-state index contributed by atoms with van der Waals surface area (Å²) in [7, 11) is 0. The first kappa shape index (κ1) is 19.8. The smallest absolute Gasteiger partial charge is 0.0340 e. The van der Waals surface area contributed by atoms with Crippen LogP contribution < -0.4 is 21.7 Å². The lowest BCUT2D eigenvalue weighted by Gasteiger charge is -2.26. The van der Waals surface area contributed by atoms with Crippen LogP contribution >= 0.6 is 0 Å². The van der Waals surface area contributed by atoms with Gasteiger partial charge in [0.15, 0.2) is 0 Å². The molecular weight excluding hydrogens is 344 g/mol. The molecule has 0 bridgehead atoms. The van der Waals surface area contributed by atoms with Crippen molar-refractivity contribution < 1.29 is 0 Å². The number of hydrogen-bond acceptors (Lipinski definition) is 4. The molecule has 146 valence electrons. The number of para-hydroxylation sites is 3. The van der Waals surface area contributed by atoms with Crippen LogP contribution in [-0.4, -0.2) is 25.7 Å². The van der Waals surface area contributed by atoms with Gasteiger partial charge in [0.2, 0.25) is 0 Å². The van der Waals surface area contributed by atoms with Gasteiger partial charge >= 0.3 is 0 Å². The van der Waals surface area contributed by atoms with E-state index in [1.54, 1.807) is 0 Å². The first-order valence-corrected chi connectivity index (χ1v) is 9.93. The second-order valence-corrected chi connectivity index (χ2v) is 7.00. The fourth-order valence-electron chi connectivity index (χ4n) is 3.19. The maximum absolute atomic E-state index is 6.58. The Morgan fingerprint density at radius 1 is 0.571 bits per heavy atom. The lowest BCUT2D eigenvalue weighted by atomic mass is 9.96. The van der Waals surface area contributed by atoms with Crippen molar-refractivity contribution in [3.05, 3.63) is 91.0 Å². The highest BCUT2D eigenvalue weighted by Crippen LogP contribution is 2.14. The average molecular weight is 375 g/mol. The molecule has 0 saturated heterocycles. The molecule has 28 heavy (non-hydrogen) atoms. The molecule has 3 aromatic carbocycles. The van der Waals surface area contributed by atoms with E-state index >= 15 is 0 Å². The van der Waals surface area contributed by atoms with E-state index in [9.17, 15) is 0 Å². The molecule has 0 heterocycles. The molecule has 5 N–H and O–H groups in total. The van der Waals surface area contributed by atoms with Gasteiger partial charge in [0.1, 0.15) is 0 Å². The first-order chi connectivity index (χ1) is 13.8. The quantitative estimate of drug-likeness (QED) is 0.394. The van der Waals surface area contributed by atoms with Gasteiger partial charge in [-0.05, 0) is 48.7 Å². The molecule has 0 spiro atoms. The summed E-state index contributed by atoms with van der Waals surface area (Å²) < 4.78 is 0. The fraction of sp³-hybridized carbons (Fsp3) is 0.250. The third-order valence-corrected chi connectivity index (χ3v) is 4.88. The van der Waals surface area contributed by atoms with E-state index in [0.717, 1.165) is 43.1 Å². The Kier molecular flexibility index (Phi) is 7.77. The van der Waals surface area contributed by atoms with Crippen LogP contribution in [0.5, 0.6) is 0 Å². The number of nitrogens with two attached hydrogens (primary N) is 1. The Bertz CT molecular complexity index is 777. The van der Waals surface area contributed by atoms with Crippen molar-refractivity contribution in [2.45, 2.75) is 12.5 Å². The highest BCUT2D eigenvalue weighted by molar-refractivity contribution is 5.44. The van der Waals surface area contributed by atoms with Crippen LogP contribution in [0, 0.1) is 5.92 Å². The summed E-state index contributed by atoms with van der Waals surface area (Å²) in [6.07, 6.45) is 0.992. The zero-order valence-corrected chi connectivity index (χ0v) is 16.2. The summed E-state index contributed by atoms with van der Waals surface area (Å²) >= 11 is 0. The van der Waals surface area contributed by atoms with Crippen LogP contribution in [0.1, 0.15) is 6.42 Å². The van der Waals surface area contributed by atoms with Gasteiger partial charge in [-0.25, -0.2) is 0 Å². The number of nitrogens with one attached hydrogen (secondary N) is 3. The average Bonchev–Trinajstić information content (AvgIpc) is 2.76. The van der Waals surface area contributed by atoms with Crippen molar-refractivity contribution in [1.82, 2.24) is 0 Å². The van der Waals surface area contributed by atoms with Gasteiger partial charge in [-0.3, -0.25) is 0 Å². The SMILES string of the molecule is NC(CNc1ccccc1)C(CCNc1ccccc1)CNc1ccccc1. The molecule has 0 aliphatic heterocycles. The van der Waals surface area contributed by atoms with Gasteiger partial charge < -0.3 is 21.7 Å².